The lowest BCUT2D eigenvalue weighted by molar-refractivity contribution is 0.250. The minimum Gasteiger partial charge on any atom is -0.493 e. The summed E-state index contributed by atoms with van der Waals surface area (Å²) in [5.41, 5.74) is 1.61. The quantitative estimate of drug-likeness (QED) is 0.655. The molecule has 0 aliphatic heterocycles. The van der Waals surface area contributed by atoms with Crippen molar-refractivity contribution in [1.82, 2.24) is 5.32 Å². The summed E-state index contributed by atoms with van der Waals surface area (Å²) in [7, 11) is 3.10. The lowest BCUT2D eigenvalue weighted by atomic mass is 10.1. The second-order valence-corrected chi connectivity index (χ2v) is 6.90. The third-order valence-corrected chi connectivity index (χ3v) is 5.27. The summed E-state index contributed by atoms with van der Waals surface area (Å²) in [6.07, 6.45) is 0. The smallest absolute Gasteiger partial charge is 0.320 e. The van der Waals surface area contributed by atoms with E-state index >= 15 is 0 Å². The van der Waals surface area contributed by atoms with Crippen LogP contribution in [-0.4, -0.2) is 20.3 Å². The molecule has 1 aromatic carbocycles. The van der Waals surface area contributed by atoms with Gasteiger partial charge in [-0.1, -0.05) is 12.1 Å². The number of hydrogen-bond donors (Lipinski definition) is 2. The summed E-state index contributed by atoms with van der Waals surface area (Å²) >= 11 is 3.21. The largest absolute Gasteiger partial charge is 0.493 e. The summed E-state index contributed by atoms with van der Waals surface area (Å²) in [5.74, 6) is 1.05. The number of thiophene rings is 2. The van der Waals surface area contributed by atoms with Crippen LogP contribution < -0.4 is 20.1 Å². The molecule has 0 bridgehead atoms. The normalized spacial score (nSPS) is 11.6. The van der Waals surface area contributed by atoms with Crippen molar-refractivity contribution in [3.05, 3.63) is 63.0 Å². The maximum atomic E-state index is 12.6. The molecule has 130 valence electrons. The first kappa shape index (κ1) is 17.3. The number of anilines is 1. The van der Waals surface area contributed by atoms with Crippen LogP contribution in [0.2, 0.25) is 0 Å². The Hall–Kier alpha value is -2.51. The molecular weight excluding hydrogens is 356 g/mol. The topological polar surface area (TPSA) is 59.6 Å². The van der Waals surface area contributed by atoms with Crippen LogP contribution in [0.25, 0.3) is 0 Å². The number of carbonyl (C=O) groups excluding carboxylic acids is 1. The van der Waals surface area contributed by atoms with Crippen molar-refractivity contribution in [2.75, 3.05) is 19.5 Å². The Morgan fingerprint density at radius 3 is 2.60 bits per heavy atom. The number of methoxy groups -OCH3 is 2. The molecule has 3 rings (SSSR count). The number of amides is 2. The van der Waals surface area contributed by atoms with E-state index in [9.17, 15) is 4.79 Å². The average molecular weight is 374 g/mol. The standard InChI is InChI=1S/C18H18N2O3S2/c1-22-14-6-3-5-13(17(14)23-2)19-18(21)20-16(12-8-10-24-11-12)15-7-4-9-25-15/h3-11,16H,1-2H3,(H2,19,20,21). The molecule has 0 fully saturated rings. The highest BCUT2D eigenvalue weighted by Gasteiger charge is 2.19. The van der Waals surface area contributed by atoms with E-state index in [-0.39, 0.29) is 12.1 Å². The number of rotatable bonds is 6. The molecule has 2 amide bonds. The van der Waals surface area contributed by atoms with E-state index in [1.807, 2.05) is 34.3 Å². The molecule has 2 aromatic heterocycles. The number of urea groups is 1. The zero-order chi connectivity index (χ0) is 17.6. The zero-order valence-electron chi connectivity index (χ0n) is 13.8. The molecule has 2 N–H and O–H groups in total. The van der Waals surface area contributed by atoms with Gasteiger partial charge in [0.2, 0.25) is 0 Å². The molecule has 0 aliphatic carbocycles. The minimum absolute atomic E-state index is 0.192. The summed E-state index contributed by atoms with van der Waals surface area (Å²) in [6, 6.07) is 10.9. The lowest BCUT2D eigenvalue weighted by Crippen LogP contribution is -2.32. The van der Waals surface area contributed by atoms with Crippen molar-refractivity contribution >= 4 is 34.4 Å². The lowest BCUT2D eigenvalue weighted by Gasteiger charge is -2.18. The molecule has 5 nitrogen and oxygen atoms in total. The van der Waals surface area contributed by atoms with E-state index in [2.05, 4.69) is 10.6 Å². The van der Waals surface area contributed by atoms with Crippen LogP contribution >= 0.6 is 22.7 Å². The predicted octanol–water partition coefficient (Wildman–Crippen LogP) is 4.74. The zero-order valence-corrected chi connectivity index (χ0v) is 15.4. The number of benzene rings is 1. The molecule has 0 radical (unpaired) electrons. The van der Waals surface area contributed by atoms with E-state index in [0.29, 0.717) is 17.2 Å². The first-order valence-corrected chi connectivity index (χ1v) is 9.39. The van der Waals surface area contributed by atoms with Crippen LogP contribution in [0.5, 0.6) is 11.5 Å². The van der Waals surface area contributed by atoms with Gasteiger partial charge in [0.1, 0.15) is 0 Å². The summed E-state index contributed by atoms with van der Waals surface area (Å²) < 4.78 is 10.6. The van der Waals surface area contributed by atoms with Gasteiger partial charge in [-0.2, -0.15) is 11.3 Å². The maximum Gasteiger partial charge on any atom is 0.320 e. The van der Waals surface area contributed by atoms with Crippen molar-refractivity contribution in [2.24, 2.45) is 0 Å². The molecule has 0 spiro atoms. The van der Waals surface area contributed by atoms with E-state index in [4.69, 9.17) is 9.47 Å². The highest BCUT2D eigenvalue weighted by Crippen LogP contribution is 2.35. The summed E-state index contributed by atoms with van der Waals surface area (Å²) in [4.78, 5) is 13.6. The van der Waals surface area contributed by atoms with Crippen LogP contribution in [0, 0.1) is 0 Å². The van der Waals surface area contributed by atoms with Crippen molar-refractivity contribution in [1.29, 1.82) is 0 Å². The molecule has 3 aromatic rings. The Morgan fingerprint density at radius 1 is 1.08 bits per heavy atom. The van der Waals surface area contributed by atoms with E-state index in [1.165, 1.54) is 0 Å². The molecule has 25 heavy (non-hydrogen) atoms. The number of para-hydroxylation sites is 1. The fraction of sp³-hybridized carbons (Fsp3) is 0.167. The Balaban J connectivity index is 1.79. The third-order valence-electron chi connectivity index (χ3n) is 3.63. The van der Waals surface area contributed by atoms with Gasteiger partial charge in [0.05, 0.1) is 25.9 Å². The highest BCUT2D eigenvalue weighted by molar-refractivity contribution is 7.10. The number of hydrogen-bond acceptors (Lipinski definition) is 5. The third kappa shape index (κ3) is 3.94. The van der Waals surface area contributed by atoms with Crippen molar-refractivity contribution in [3.63, 3.8) is 0 Å². The van der Waals surface area contributed by atoms with Gasteiger partial charge in [0.25, 0.3) is 0 Å². The van der Waals surface area contributed by atoms with E-state index in [1.54, 1.807) is 55.1 Å². The van der Waals surface area contributed by atoms with E-state index < -0.39 is 0 Å². The second-order valence-electron chi connectivity index (χ2n) is 5.14. The van der Waals surface area contributed by atoms with Gasteiger partial charge < -0.3 is 20.1 Å². The van der Waals surface area contributed by atoms with Crippen LogP contribution in [0.4, 0.5) is 10.5 Å². The Bertz CT molecular complexity index is 783. The minimum atomic E-state index is -0.309. The first-order valence-electron chi connectivity index (χ1n) is 7.57. The van der Waals surface area contributed by atoms with Gasteiger partial charge in [0, 0.05) is 4.88 Å². The number of carbonyl (C=O) groups is 1. The Morgan fingerprint density at radius 2 is 1.96 bits per heavy atom. The number of nitrogens with one attached hydrogen (secondary N) is 2. The van der Waals surface area contributed by atoms with Gasteiger partial charge in [-0.3, -0.25) is 0 Å². The molecular formula is C18H18N2O3S2. The molecule has 0 aliphatic rings. The Kier molecular flexibility index (Phi) is 5.57. The molecule has 1 unspecified atom stereocenters. The molecule has 0 saturated heterocycles. The predicted molar refractivity (Wildman–Crippen MR) is 102 cm³/mol. The average Bonchev–Trinajstić information content (AvgIpc) is 3.33. The van der Waals surface area contributed by atoms with Gasteiger partial charge in [-0.05, 0) is 46.0 Å². The van der Waals surface area contributed by atoms with Crippen LogP contribution in [0.3, 0.4) is 0 Å². The molecule has 1 atom stereocenters. The molecule has 0 saturated carbocycles. The maximum absolute atomic E-state index is 12.6. The fourth-order valence-corrected chi connectivity index (χ4v) is 3.98. The van der Waals surface area contributed by atoms with Crippen molar-refractivity contribution < 1.29 is 14.3 Å². The van der Waals surface area contributed by atoms with Gasteiger partial charge in [-0.15, -0.1) is 11.3 Å². The summed E-state index contributed by atoms with van der Waals surface area (Å²) in [6.45, 7) is 0. The monoisotopic (exact) mass is 374 g/mol. The molecule has 2 heterocycles. The van der Waals surface area contributed by atoms with Gasteiger partial charge >= 0.3 is 6.03 Å². The first-order chi connectivity index (χ1) is 12.2. The van der Waals surface area contributed by atoms with E-state index in [0.717, 1.165) is 10.4 Å². The fourth-order valence-electron chi connectivity index (χ4n) is 2.49. The van der Waals surface area contributed by atoms with Gasteiger partial charge in [0.15, 0.2) is 11.5 Å². The van der Waals surface area contributed by atoms with Gasteiger partial charge in [-0.25, -0.2) is 4.79 Å². The highest BCUT2D eigenvalue weighted by atomic mass is 32.1. The molecule has 7 heteroatoms. The summed E-state index contributed by atoms with van der Waals surface area (Å²) in [5, 5.41) is 11.9. The van der Waals surface area contributed by atoms with Crippen molar-refractivity contribution in [2.45, 2.75) is 6.04 Å². The number of ether oxygens (including phenoxy) is 2. The van der Waals surface area contributed by atoms with Crippen LogP contribution in [0.1, 0.15) is 16.5 Å². The SMILES string of the molecule is COc1cccc(NC(=O)NC(c2ccsc2)c2cccs2)c1OC. The van der Waals surface area contributed by atoms with Crippen LogP contribution in [0.15, 0.2) is 52.5 Å². The second kappa shape index (κ2) is 8.04. The van der Waals surface area contributed by atoms with Crippen LogP contribution in [-0.2, 0) is 0 Å². The Labute approximate surface area is 154 Å². The van der Waals surface area contributed by atoms with Crippen molar-refractivity contribution in [3.8, 4) is 11.5 Å².